The summed E-state index contributed by atoms with van der Waals surface area (Å²) in [7, 11) is 0. The van der Waals surface area contributed by atoms with Gasteiger partial charge in [0, 0.05) is 18.0 Å². The van der Waals surface area contributed by atoms with Gasteiger partial charge in [0.15, 0.2) is 0 Å². The fourth-order valence-corrected chi connectivity index (χ4v) is 4.75. The van der Waals surface area contributed by atoms with E-state index in [-0.39, 0.29) is 23.8 Å². The highest BCUT2D eigenvalue weighted by Gasteiger charge is 2.56. The average Bonchev–Trinajstić information content (AvgIpc) is 2.49. The predicted molar refractivity (Wildman–Crippen MR) is 101 cm³/mol. The van der Waals surface area contributed by atoms with E-state index in [1.54, 1.807) is 0 Å². The van der Waals surface area contributed by atoms with Crippen LogP contribution in [-0.4, -0.2) is 40.0 Å². The van der Waals surface area contributed by atoms with E-state index in [0.717, 1.165) is 13.0 Å². The van der Waals surface area contributed by atoms with Crippen molar-refractivity contribution in [3.8, 4) is 0 Å². The summed E-state index contributed by atoms with van der Waals surface area (Å²) in [6.07, 6.45) is 7.74. The molecular formula is C21H37NO2. The molecule has 0 amide bonds. The van der Waals surface area contributed by atoms with Crippen molar-refractivity contribution in [3.05, 3.63) is 25.3 Å². The molecule has 1 aliphatic carbocycles. The van der Waals surface area contributed by atoms with Gasteiger partial charge in [-0.3, -0.25) is 4.90 Å². The van der Waals surface area contributed by atoms with Gasteiger partial charge >= 0.3 is 0 Å². The van der Waals surface area contributed by atoms with E-state index in [2.05, 4.69) is 52.7 Å². The number of nitrogens with zero attached hydrogens (tertiary/aromatic N) is 1. The largest absolute Gasteiger partial charge is 0.385 e. The van der Waals surface area contributed by atoms with E-state index >= 15 is 0 Å². The Hall–Kier alpha value is -0.640. The molecule has 5 atom stereocenters. The van der Waals surface area contributed by atoms with Gasteiger partial charge in [0.2, 0.25) is 0 Å². The number of aliphatic hydroxyl groups is 1. The van der Waals surface area contributed by atoms with Gasteiger partial charge in [-0.15, -0.1) is 13.2 Å². The first-order valence-corrected chi connectivity index (χ1v) is 9.54. The van der Waals surface area contributed by atoms with E-state index in [1.807, 2.05) is 12.2 Å². The third-order valence-electron chi connectivity index (χ3n) is 6.51. The molecule has 0 unspecified atom stereocenters. The van der Waals surface area contributed by atoms with Crippen LogP contribution in [0.3, 0.4) is 0 Å². The van der Waals surface area contributed by atoms with Crippen molar-refractivity contribution in [2.24, 2.45) is 17.8 Å². The van der Waals surface area contributed by atoms with Crippen LogP contribution in [0.15, 0.2) is 25.3 Å². The lowest BCUT2D eigenvalue weighted by atomic mass is 9.68. The molecule has 24 heavy (non-hydrogen) atoms. The lowest BCUT2D eigenvalue weighted by Crippen LogP contribution is -2.70. The zero-order valence-corrected chi connectivity index (χ0v) is 16.3. The molecule has 0 aromatic carbocycles. The van der Waals surface area contributed by atoms with Crippen LogP contribution in [0, 0.1) is 17.8 Å². The second-order valence-electron chi connectivity index (χ2n) is 8.79. The monoisotopic (exact) mass is 335 g/mol. The molecule has 1 heterocycles. The number of rotatable bonds is 6. The normalized spacial score (nSPS) is 36.0. The Morgan fingerprint density at radius 2 is 1.96 bits per heavy atom. The molecule has 0 aromatic rings. The Labute approximate surface area is 148 Å². The van der Waals surface area contributed by atoms with Crippen molar-refractivity contribution in [1.29, 1.82) is 0 Å². The summed E-state index contributed by atoms with van der Waals surface area (Å²) in [5.74, 6) is 1.28. The standard InChI is InChI=1S/C21H37NO2/c1-8-12-21(23,15(3)4)19-22(13-9-2)20(6,7)17-11-10-16(5)14-18(17)24-19/h8-9,15-19,23H,1-2,10-14H2,3-7H3/t16-,17-,18-,19+,21+/m1/s1. The van der Waals surface area contributed by atoms with Gasteiger partial charge in [-0.25, -0.2) is 0 Å². The quantitative estimate of drug-likeness (QED) is 0.731. The Kier molecular flexibility index (Phi) is 5.99. The molecule has 1 saturated heterocycles. The van der Waals surface area contributed by atoms with Crippen molar-refractivity contribution >= 4 is 0 Å². The highest BCUT2D eigenvalue weighted by molar-refractivity contribution is 5.07. The van der Waals surface area contributed by atoms with Gasteiger partial charge in [-0.2, -0.15) is 0 Å². The van der Waals surface area contributed by atoms with Crippen LogP contribution >= 0.6 is 0 Å². The number of fused-ring (bicyclic) bond motifs is 1. The number of ether oxygens (including phenoxy) is 1. The molecule has 1 aliphatic heterocycles. The highest BCUT2D eigenvalue weighted by atomic mass is 16.5. The Balaban J connectivity index is 2.43. The molecule has 2 fully saturated rings. The summed E-state index contributed by atoms with van der Waals surface area (Å²) in [5.41, 5.74) is -0.959. The Morgan fingerprint density at radius 3 is 2.50 bits per heavy atom. The van der Waals surface area contributed by atoms with Crippen LogP contribution in [0.2, 0.25) is 0 Å². The molecule has 3 heteroatoms. The molecule has 1 N–H and O–H groups in total. The fourth-order valence-electron chi connectivity index (χ4n) is 4.75. The van der Waals surface area contributed by atoms with Gasteiger partial charge in [0.25, 0.3) is 0 Å². The second kappa shape index (κ2) is 7.31. The summed E-state index contributed by atoms with van der Waals surface area (Å²) in [4.78, 5) is 2.33. The lowest BCUT2D eigenvalue weighted by molar-refractivity contribution is -0.291. The zero-order chi connectivity index (χ0) is 18.1. The first kappa shape index (κ1) is 19.7. The van der Waals surface area contributed by atoms with Crippen LogP contribution in [-0.2, 0) is 4.74 Å². The summed E-state index contributed by atoms with van der Waals surface area (Å²) < 4.78 is 6.62. The van der Waals surface area contributed by atoms with Gasteiger partial charge in [-0.1, -0.05) is 39.3 Å². The fraction of sp³-hybridized carbons (Fsp3) is 0.810. The second-order valence-corrected chi connectivity index (χ2v) is 8.79. The first-order chi connectivity index (χ1) is 11.2. The maximum atomic E-state index is 11.5. The average molecular weight is 336 g/mol. The Morgan fingerprint density at radius 1 is 1.29 bits per heavy atom. The van der Waals surface area contributed by atoms with Crippen LogP contribution in [0.5, 0.6) is 0 Å². The third-order valence-corrected chi connectivity index (χ3v) is 6.51. The van der Waals surface area contributed by atoms with Crippen molar-refractivity contribution in [2.75, 3.05) is 6.54 Å². The van der Waals surface area contributed by atoms with E-state index in [0.29, 0.717) is 18.3 Å². The van der Waals surface area contributed by atoms with Gasteiger partial charge < -0.3 is 9.84 Å². The molecule has 3 nitrogen and oxygen atoms in total. The molecule has 1 saturated carbocycles. The molecule has 2 rings (SSSR count). The van der Waals surface area contributed by atoms with Crippen LogP contribution < -0.4 is 0 Å². The summed E-state index contributed by atoms with van der Waals surface area (Å²) in [6, 6.07) is 0. The van der Waals surface area contributed by atoms with Crippen molar-refractivity contribution < 1.29 is 9.84 Å². The maximum absolute atomic E-state index is 11.5. The first-order valence-electron chi connectivity index (χ1n) is 9.54. The lowest BCUT2D eigenvalue weighted by Gasteiger charge is -2.60. The summed E-state index contributed by atoms with van der Waals surface area (Å²) in [5, 5.41) is 11.5. The molecule has 0 radical (unpaired) electrons. The van der Waals surface area contributed by atoms with Crippen molar-refractivity contribution in [1.82, 2.24) is 4.90 Å². The van der Waals surface area contributed by atoms with E-state index in [1.165, 1.54) is 12.8 Å². The van der Waals surface area contributed by atoms with Gasteiger partial charge in [0.1, 0.15) is 11.8 Å². The predicted octanol–water partition coefficient (Wildman–Crippen LogP) is 4.38. The van der Waals surface area contributed by atoms with Gasteiger partial charge in [-0.05, 0) is 44.9 Å². The SMILES string of the molecule is C=CCN1[C@H]([C@](O)(CC=C)C(C)C)O[C@@H]2C[C@H](C)CC[C@H]2C1(C)C. The highest BCUT2D eigenvalue weighted by Crippen LogP contribution is 2.48. The van der Waals surface area contributed by atoms with Gasteiger partial charge in [0.05, 0.1) is 6.10 Å². The molecule has 2 aliphatic rings. The number of hydrogen-bond acceptors (Lipinski definition) is 3. The van der Waals surface area contributed by atoms with Crippen molar-refractivity contribution in [2.45, 2.75) is 83.8 Å². The topological polar surface area (TPSA) is 32.7 Å². The molecular weight excluding hydrogens is 298 g/mol. The van der Waals surface area contributed by atoms with E-state index in [9.17, 15) is 5.11 Å². The molecule has 0 aromatic heterocycles. The minimum Gasteiger partial charge on any atom is -0.385 e. The molecule has 0 bridgehead atoms. The zero-order valence-electron chi connectivity index (χ0n) is 16.3. The molecule has 0 spiro atoms. The molecule has 138 valence electrons. The minimum absolute atomic E-state index is 0.0219. The Bertz CT molecular complexity index is 459. The summed E-state index contributed by atoms with van der Waals surface area (Å²) in [6.45, 7) is 19.6. The minimum atomic E-state index is -0.937. The van der Waals surface area contributed by atoms with E-state index < -0.39 is 5.60 Å². The smallest absolute Gasteiger partial charge is 0.141 e. The van der Waals surface area contributed by atoms with E-state index in [4.69, 9.17) is 4.74 Å². The van der Waals surface area contributed by atoms with Crippen LogP contribution in [0.25, 0.3) is 0 Å². The van der Waals surface area contributed by atoms with Crippen molar-refractivity contribution in [3.63, 3.8) is 0 Å². The number of hydrogen-bond donors (Lipinski definition) is 1. The summed E-state index contributed by atoms with van der Waals surface area (Å²) >= 11 is 0. The maximum Gasteiger partial charge on any atom is 0.141 e. The van der Waals surface area contributed by atoms with Crippen LogP contribution in [0.1, 0.15) is 60.3 Å². The third kappa shape index (κ3) is 3.36. The van der Waals surface area contributed by atoms with Crippen LogP contribution in [0.4, 0.5) is 0 Å².